The number of nitrogens with zero attached hydrogens (tertiary/aromatic N) is 4. The van der Waals surface area contributed by atoms with E-state index in [9.17, 15) is 0 Å². The summed E-state index contributed by atoms with van der Waals surface area (Å²) >= 11 is 0. The average Bonchev–Trinajstić information content (AvgIpc) is 2.45. The Morgan fingerprint density at radius 3 is 2.89 bits per heavy atom. The van der Waals surface area contributed by atoms with Crippen molar-refractivity contribution in [1.29, 1.82) is 5.26 Å². The Kier molecular flexibility index (Phi) is 4.35. The van der Waals surface area contributed by atoms with Gasteiger partial charge in [0.2, 0.25) is 0 Å². The van der Waals surface area contributed by atoms with Gasteiger partial charge < -0.3 is 10.2 Å². The molecule has 0 spiro atoms. The van der Waals surface area contributed by atoms with Crippen molar-refractivity contribution < 1.29 is 0 Å². The summed E-state index contributed by atoms with van der Waals surface area (Å²) in [5.74, 6) is 2.05. The SMILES string of the molecule is CCCNc1cc(N2CCC(C#N)CC2)ncn1. The van der Waals surface area contributed by atoms with Gasteiger partial charge in [-0.25, -0.2) is 9.97 Å². The van der Waals surface area contributed by atoms with Gasteiger partial charge in [0.15, 0.2) is 0 Å². The van der Waals surface area contributed by atoms with Crippen LogP contribution in [0.5, 0.6) is 0 Å². The van der Waals surface area contributed by atoms with Gasteiger partial charge in [0, 0.05) is 31.6 Å². The molecule has 18 heavy (non-hydrogen) atoms. The molecule has 1 fully saturated rings. The van der Waals surface area contributed by atoms with E-state index >= 15 is 0 Å². The molecule has 1 aromatic heterocycles. The lowest BCUT2D eigenvalue weighted by Crippen LogP contribution is -2.33. The summed E-state index contributed by atoms with van der Waals surface area (Å²) in [5, 5.41) is 12.1. The number of aromatic nitrogens is 2. The van der Waals surface area contributed by atoms with Crippen LogP contribution < -0.4 is 10.2 Å². The Morgan fingerprint density at radius 2 is 2.22 bits per heavy atom. The van der Waals surface area contributed by atoms with Gasteiger partial charge >= 0.3 is 0 Å². The number of nitriles is 1. The van der Waals surface area contributed by atoms with Crippen LogP contribution in [0.4, 0.5) is 11.6 Å². The fourth-order valence-corrected chi connectivity index (χ4v) is 2.11. The average molecular weight is 245 g/mol. The van der Waals surface area contributed by atoms with E-state index in [0.717, 1.165) is 50.5 Å². The zero-order valence-corrected chi connectivity index (χ0v) is 10.8. The third-order valence-electron chi connectivity index (χ3n) is 3.21. The second-order valence-electron chi connectivity index (χ2n) is 4.58. The van der Waals surface area contributed by atoms with Crippen molar-refractivity contribution >= 4 is 11.6 Å². The molecule has 0 bridgehead atoms. The molecule has 0 aromatic carbocycles. The molecule has 0 radical (unpaired) electrons. The zero-order valence-electron chi connectivity index (χ0n) is 10.8. The number of hydrogen-bond donors (Lipinski definition) is 1. The highest BCUT2D eigenvalue weighted by Gasteiger charge is 2.19. The van der Waals surface area contributed by atoms with Crippen molar-refractivity contribution in [2.24, 2.45) is 5.92 Å². The maximum absolute atomic E-state index is 8.88. The lowest BCUT2D eigenvalue weighted by atomic mass is 9.99. The number of hydrogen-bond acceptors (Lipinski definition) is 5. The molecule has 1 N–H and O–H groups in total. The Morgan fingerprint density at radius 1 is 1.44 bits per heavy atom. The zero-order chi connectivity index (χ0) is 12.8. The summed E-state index contributed by atoms with van der Waals surface area (Å²) in [7, 11) is 0. The number of piperidine rings is 1. The molecule has 0 amide bonds. The van der Waals surface area contributed by atoms with Crippen molar-refractivity contribution in [2.75, 3.05) is 29.9 Å². The minimum absolute atomic E-state index is 0.209. The first-order chi connectivity index (χ1) is 8.83. The first-order valence-electron chi connectivity index (χ1n) is 6.54. The van der Waals surface area contributed by atoms with E-state index in [1.165, 1.54) is 0 Å². The fourth-order valence-electron chi connectivity index (χ4n) is 2.11. The van der Waals surface area contributed by atoms with Crippen LogP contribution in [0.25, 0.3) is 0 Å². The molecule has 0 saturated carbocycles. The fraction of sp³-hybridized carbons (Fsp3) is 0.615. The normalized spacial score (nSPS) is 16.3. The molecule has 5 nitrogen and oxygen atoms in total. The largest absolute Gasteiger partial charge is 0.370 e. The van der Waals surface area contributed by atoms with Crippen molar-refractivity contribution in [2.45, 2.75) is 26.2 Å². The Labute approximate surface area is 108 Å². The molecule has 0 atom stereocenters. The van der Waals surface area contributed by atoms with Crippen LogP contribution in [-0.4, -0.2) is 29.6 Å². The van der Waals surface area contributed by atoms with Crippen LogP contribution in [0.2, 0.25) is 0 Å². The van der Waals surface area contributed by atoms with Gasteiger partial charge in [-0.15, -0.1) is 0 Å². The molecule has 5 heteroatoms. The highest BCUT2D eigenvalue weighted by Crippen LogP contribution is 2.22. The Hall–Kier alpha value is -1.83. The predicted octanol–water partition coefficient (Wildman–Crippen LogP) is 2.04. The standard InChI is InChI=1S/C13H19N5/c1-2-5-15-12-8-13(17-10-16-12)18-6-3-11(9-14)4-7-18/h8,10-11H,2-7H2,1H3,(H,15,16,17). The van der Waals surface area contributed by atoms with E-state index in [4.69, 9.17) is 5.26 Å². The molecular weight excluding hydrogens is 226 g/mol. The van der Waals surface area contributed by atoms with Gasteiger partial charge in [-0.05, 0) is 19.3 Å². The highest BCUT2D eigenvalue weighted by atomic mass is 15.2. The van der Waals surface area contributed by atoms with Crippen molar-refractivity contribution in [3.63, 3.8) is 0 Å². The summed E-state index contributed by atoms with van der Waals surface area (Å²) in [6, 6.07) is 4.33. The molecule has 0 aliphatic carbocycles. The second-order valence-corrected chi connectivity index (χ2v) is 4.58. The van der Waals surface area contributed by atoms with E-state index in [0.29, 0.717) is 0 Å². The van der Waals surface area contributed by atoms with Gasteiger partial charge in [0.1, 0.15) is 18.0 Å². The third kappa shape index (κ3) is 3.10. The third-order valence-corrected chi connectivity index (χ3v) is 3.21. The lowest BCUT2D eigenvalue weighted by Gasteiger charge is -2.30. The van der Waals surface area contributed by atoms with E-state index in [1.54, 1.807) is 6.33 Å². The van der Waals surface area contributed by atoms with Crippen LogP contribution in [0.1, 0.15) is 26.2 Å². The molecule has 1 aromatic rings. The first kappa shape index (κ1) is 12.6. The predicted molar refractivity (Wildman–Crippen MR) is 71.4 cm³/mol. The topological polar surface area (TPSA) is 64.8 Å². The quantitative estimate of drug-likeness (QED) is 0.879. The second kappa shape index (κ2) is 6.20. The lowest BCUT2D eigenvalue weighted by molar-refractivity contribution is 0.485. The summed E-state index contributed by atoms with van der Waals surface area (Å²) < 4.78 is 0. The first-order valence-corrected chi connectivity index (χ1v) is 6.54. The van der Waals surface area contributed by atoms with E-state index in [2.05, 4.69) is 33.2 Å². The molecule has 1 aliphatic heterocycles. The molecule has 0 unspecified atom stereocenters. The van der Waals surface area contributed by atoms with E-state index < -0.39 is 0 Å². The van der Waals surface area contributed by atoms with Crippen molar-refractivity contribution in [3.05, 3.63) is 12.4 Å². The minimum atomic E-state index is 0.209. The van der Waals surface area contributed by atoms with Gasteiger partial charge in [0.25, 0.3) is 0 Å². The monoisotopic (exact) mass is 245 g/mol. The van der Waals surface area contributed by atoms with Gasteiger partial charge in [-0.1, -0.05) is 6.92 Å². The minimum Gasteiger partial charge on any atom is -0.370 e. The summed E-state index contributed by atoms with van der Waals surface area (Å²) in [6.45, 7) is 4.86. The Bertz CT molecular complexity index is 418. The maximum Gasteiger partial charge on any atom is 0.134 e. The van der Waals surface area contributed by atoms with Crippen molar-refractivity contribution in [1.82, 2.24) is 9.97 Å². The molecule has 96 valence electrons. The number of anilines is 2. The maximum atomic E-state index is 8.88. The van der Waals surface area contributed by atoms with Gasteiger partial charge in [-0.2, -0.15) is 5.26 Å². The van der Waals surface area contributed by atoms with Gasteiger partial charge in [-0.3, -0.25) is 0 Å². The van der Waals surface area contributed by atoms with E-state index in [-0.39, 0.29) is 5.92 Å². The summed E-state index contributed by atoms with van der Waals surface area (Å²) in [5.41, 5.74) is 0. The van der Waals surface area contributed by atoms with Gasteiger partial charge in [0.05, 0.1) is 6.07 Å². The smallest absolute Gasteiger partial charge is 0.134 e. The molecule has 1 saturated heterocycles. The van der Waals surface area contributed by atoms with Crippen LogP contribution in [0, 0.1) is 17.2 Å². The highest BCUT2D eigenvalue weighted by molar-refractivity contribution is 5.48. The van der Waals surface area contributed by atoms with Crippen LogP contribution in [0.3, 0.4) is 0 Å². The molecule has 1 aliphatic rings. The van der Waals surface area contributed by atoms with Crippen LogP contribution in [0.15, 0.2) is 12.4 Å². The summed E-state index contributed by atoms with van der Waals surface area (Å²) in [4.78, 5) is 10.7. The number of rotatable bonds is 4. The molecule has 2 heterocycles. The van der Waals surface area contributed by atoms with E-state index in [1.807, 2.05) is 6.07 Å². The number of nitrogens with one attached hydrogen (secondary N) is 1. The van der Waals surface area contributed by atoms with Crippen LogP contribution >= 0.6 is 0 Å². The Balaban J connectivity index is 1.99. The summed E-state index contributed by atoms with van der Waals surface area (Å²) in [6.07, 6.45) is 4.53. The van der Waals surface area contributed by atoms with Crippen molar-refractivity contribution in [3.8, 4) is 6.07 Å². The molecular formula is C13H19N5. The van der Waals surface area contributed by atoms with Crippen LogP contribution in [-0.2, 0) is 0 Å². The molecule has 2 rings (SSSR count).